The van der Waals surface area contributed by atoms with Crippen LogP contribution in [0.1, 0.15) is 44.6 Å². The van der Waals surface area contributed by atoms with E-state index in [4.69, 9.17) is 35.3 Å². The van der Waals surface area contributed by atoms with E-state index in [2.05, 4.69) is 24.9 Å². The van der Waals surface area contributed by atoms with Gasteiger partial charge in [0.1, 0.15) is 34.6 Å². The number of halogens is 1. The van der Waals surface area contributed by atoms with E-state index in [1.807, 2.05) is 0 Å². The molecular weight excluding hydrogens is 552 g/mol. The molecule has 0 amide bonds. The zero-order valence-corrected chi connectivity index (χ0v) is 23.8. The average molecular weight is 583 g/mol. The van der Waals surface area contributed by atoms with Crippen molar-refractivity contribution in [3.63, 3.8) is 0 Å². The van der Waals surface area contributed by atoms with E-state index in [-0.39, 0.29) is 24.5 Å². The Bertz CT molecular complexity index is 1340. The van der Waals surface area contributed by atoms with Crippen LogP contribution in [0.5, 0.6) is 11.5 Å². The maximum atomic E-state index is 13.8. The van der Waals surface area contributed by atoms with E-state index < -0.39 is 27.5 Å². The van der Waals surface area contributed by atoms with Crippen LogP contribution in [0.2, 0.25) is 5.02 Å². The van der Waals surface area contributed by atoms with Crippen molar-refractivity contribution in [1.82, 2.24) is 24.7 Å². The number of nitrogens with zero attached hydrogens (tertiary/aromatic N) is 5. The molecule has 1 N–H and O–H groups in total. The summed E-state index contributed by atoms with van der Waals surface area (Å²) in [4.78, 5) is 8.38. The molecule has 3 atom stereocenters. The Morgan fingerprint density at radius 2 is 1.74 bits per heavy atom. The van der Waals surface area contributed by atoms with E-state index in [9.17, 15) is 8.42 Å². The fraction of sp³-hybridized carbons (Fsp3) is 0.500. The Hall–Kier alpha value is -3.04. The lowest BCUT2D eigenvalue weighted by Gasteiger charge is -2.26. The predicted molar refractivity (Wildman–Crippen MR) is 142 cm³/mol. The second-order valence-electron chi connectivity index (χ2n) is 8.88. The van der Waals surface area contributed by atoms with Crippen LogP contribution in [0.15, 0.2) is 30.6 Å². The standard InChI is InChI=1S/C24H31ClN6O7S/c1-14(2)38-21(22-26-11-16(25)12-27-22)15(3)39(32,33)30-24-29-28-23(19-13-36-9-10-37-19)31(24)20-17(34-4)7-6-8-18(20)35-5/h6-8,11-12,14-15,19,21H,9-10,13H2,1-5H3,(H,29,30)/t15-,19+,21+/m0/s1. The summed E-state index contributed by atoms with van der Waals surface area (Å²) >= 11 is 5.94. The van der Waals surface area contributed by atoms with E-state index in [1.54, 1.807) is 32.0 Å². The Labute approximate surface area is 231 Å². The van der Waals surface area contributed by atoms with Gasteiger partial charge in [0.05, 0.1) is 45.2 Å². The number of sulfonamides is 1. The molecular formula is C24H31ClN6O7S. The molecule has 4 rings (SSSR count). The number of benzene rings is 1. The van der Waals surface area contributed by atoms with Gasteiger partial charge in [-0.3, -0.25) is 9.29 Å². The molecule has 2 aromatic heterocycles. The first-order chi connectivity index (χ1) is 18.7. The third-order valence-corrected chi connectivity index (χ3v) is 7.77. The van der Waals surface area contributed by atoms with E-state index in [0.29, 0.717) is 41.2 Å². The number of ether oxygens (including phenoxy) is 5. The molecule has 1 aromatic carbocycles. The van der Waals surface area contributed by atoms with Crippen molar-refractivity contribution >= 4 is 27.6 Å². The molecule has 3 heterocycles. The molecule has 3 aromatic rings. The largest absolute Gasteiger partial charge is 0.494 e. The average Bonchev–Trinajstić information content (AvgIpc) is 3.33. The summed E-state index contributed by atoms with van der Waals surface area (Å²) in [7, 11) is -1.18. The van der Waals surface area contributed by atoms with Crippen molar-refractivity contribution < 1.29 is 32.1 Å². The Morgan fingerprint density at radius 3 is 2.31 bits per heavy atom. The van der Waals surface area contributed by atoms with Gasteiger partial charge < -0.3 is 23.7 Å². The lowest BCUT2D eigenvalue weighted by molar-refractivity contribution is -0.0941. The summed E-state index contributed by atoms with van der Waals surface area (Å²) in [6, 6.07) is 5.17. The molecule has 0 aliphatic carbocycles. The first kappa shape index (κ1) is 29.0. The lowest BCUT2D eigenvalue weighted by atomic mass is 10.2. The molecule has 0 saturated carbocycles. The number of aromatic nitrogens is 5. The highest BCUT2D eigenvalue weighted by atomic mass is 35.5. The highest BCUT2D eigenvalue weighted by Crippen LogP contribution is 2.38. The SMILES string of the molecule is COc1cccc(OC)c1-n1c(NS(=O)(=O)[C@@H](C)[C@@H](OC(C)C)c2ncc(Cl)cn2)nnc1[C@H]1COCCO1. The third kappa shape index (κ3) is 6.41. The van der Waals surface area contributed by atoms with Crippen molar-refractivity contribution in [3.05, 3.63) is 47.3 Å². The minimum absolute atomic E-state index is 0.103. The summed E-state index contributed by atoms with van der Waals surface area (Å²) in [6.45, 7) is 6.06. The molecule has 1 saturated heterocycles. The molecule has 13 nitrogen and oxygen atoms in total. The number of para-hydroxylation sites is 1. The van der Waals surface area contributed by atoms with Gasteiger partial charge in [-0.25, -0.2) is 18.4 Å². The predicted octanol–water partition coefficient (Wildman–Crippen LogP) is 3.11. The van der Waals surface area contributed by atoms with Gasteiger partial charge in [-0.05, 0) is 32.9 Å². The van der Waals surface area contributed by atoms with Gasteiger partial charge in [0, 0.05) is 12.4 Å². The van der Waals surface area contributed by atoms with Crippen molar-refractivity contribution in [3.8, 4) is 17.2 Å². The normalized spacial score (nSPS) is 17.6. The number of rotatable bonds is 11. The molecule has 1 aliphatic heterocycles. The number of methoxy groups -OCH3 is 2. The molecule has 1 fully saturated rings. The highest BCUT2D eigenvalue weighted by Gasteiger charge is 2.37. The van der Waals surface area contributed by atoms with Crippen LogP contribution < -0.4 is 14.2 Å². The minimum atomic E-state index is -4.17. The van der Waals surface area contributed by atoms with Gasteiger partial charge in [-0.2, -0.15) is 0 Å². The quantitative estimate of drug-likeness (QED) is 0.355. The van der Waals surface area contributed by atoms with Gasteiger partial charge in [0.25, 0.3) is 0 Å². The van der Waals surface area contributed by atoms with Crippen molar-refractivity contribution in [2.45, 2.75) is 44.3 Å². The fourth-order valence-electron chi connectivity index (χ4n) is 4.01. The summed E-state index contributed by atoms with van der Waals surface area (Å²) in [6.07, 6.45) is 0.832. The van der Waals surface area contributed by atoms with Crippen LogP contribution in [0.4, 0.5) is 5.95 Å². The van der Waals surface area contributed by atoms with Crippen LogP contribution in [0.25, 0.3) is 5.69 Å². The van der Waals surface area contributed by atoms with Crippen molar-refractivity contribution in [1.29, 1.82) is 0 Å². The number of hydrogen-bond acceptors (Lipinski definition) is 11. The first-order valence-corrected chi connectivity index (χ1v) is 14.1. The van der Waals surface area contributed by atoms with E-state index in [1.165, 1.54) is 38.1 Å². The van der Waals surface area contributed by atoms with Crippen LogP contribution in [0.3, 0.4) is 0 Å². The molecule has 15 heteroatoms. The second kappa shape index (κ2) is 12.4. The summed E-state index contributed by atoms with van der Waals surface area (Å²) in [5.74, 6) is 1.17. The summed E-state index contributed by atoms with van der Waals surface area (Å²) in [5.41, 5.74) is 0.387. The number of anilines is 1. The molecule has 212 valence electrons. The maximum absolute atomic E-state index is 13.8. The monoisotopic (exact) mass is 582 g/mol. The third-order valence-electron chi connectivity index (χ3n) is 5.88. The topological polar surface area (TPSA) is 149 Å². The summed E-state index contributed by atoms with van der Waals surface area (Å²) < 4.78 is 60.1. The van der Waals surface area contributed by atoms with Gasteiger partial charge in [0.15, 0.2) is 11.6 Å². The Balaban J connectivity index is 1.79. The second-order valence-corrected chi connectivity index (χ2v) is 11.4. The molecule has 0 bridgehead atoms. The maximum Gasteiger partial charge on any atom is 0.243 e. The van der Waals surface area contributed by atoms with Crippen LogP contribution in [-0.2, 0) is 24.2 Å². The van der Waals surface area contributed by atoms with Crippen molar-refractivity contribution in [2.75, 3.05) is 38.8 Å². The van der Waals surface area contributed by atoms with Crippen LogP contribution in [-0.4, -0.2) is 78.5 Å². The lowest BCUT2D eigenvalue weighted by Crippen LogP contribution is -2.35. The molecule has 0 radical (unpaired) electrons. The smallest absolute Gasteiger partial charge is 0.243 e. The van der Waals surface area contributed by atoms with Gasteiger partial charge in [-0.15, -0.1) is 10.2 Å². The molecule has 0 unspecified atom stereocenters. The Morgan fingerprint density at radius 1 is 1.08 bits per heavy atom. The van der Waals surface area contributed by atoms with E-state index >= 15 is 0 Å². The fourth-order valence-corrected chi connectivity index (χ4v) is 5.19. The number of hydrogen-bond donors (Lipinski definition) is 1. The van der Waals surface area contributed by atoms with Gasteiger partial charge in [0.2, 0.25) is 16.0 Å². The zero-order valence-electron chi connectivity index (χ0n) is 22.2. The number of nitrogens with one attached hydrogen (secondary N) is 1. The summed E-state index contributed by atoms with van der Waals surface area (Å²) in [5, 5.41) is 7.61. The van der Waals surface area contributed by atoms with Gasteiger partial charge >= 0.3 is 0 Å². The van der Waals surface area contributed by atoms with Gasteiger partial charge in [-0.1, -0.05) is 17.7 Å². The first-order valence-electron chi connectivity index (χ1n) is 12.2. The van der Waals surface area contributed by atoms with Crippen molar-refractivity contribution in [2.24, 2.45) is 0 Å². The molecule has 0 spiro atoms. The highest BCUT2D eigenvalue weighted by molar-refractivity contribution is 7.93. The van der Waals surface area contributed by atoms with E-state index in [0.717, 1.165) is 0 Å². The minimum Gasteiger partial charge on any atom is -0.494 e. The van der Waals surface area contributed by atoms with Crippen LogP contribution >= 0.6 is 11.6 Å². The molecule has 1 aliphatic rings. The molecule has 39 heavy (non-hydrogen) atoms. The Kier molecular flexibility index (Phi) is 9.23. The zero-order chi connectivity index (χ0) is 28.2. The van der Waals surface area contributed by atoms with Crippen LogP contribution in [0, 0.1) is 0 Å².